The van der Waals surface area contributed by atoms with Crippen molar-refractivity contribution in [3.8, 4) is 5.75 Å². The highest BCUT2D eigenvalue weighted by molar-refractivity contribution is 9.10. The fourth-order valence-electron chi connectivity index (χ4n) is 2.37. The van der Waals surface area contributed by atoms with Crippen LogP contribution in [0, 0.1) is 5.82 Å². The molecule has 0 aliphatic carbocycles. The van der Waals surface area contributed by atoms with Crippen molar-refractivity contribution in [3.63, 3.8) is 0 Å². The number of rotatable bonds is 1. The van der Waals surface area contributed by atoms with Gasteiger partial charge in [-0.3, -0.25) is 0 Å². The summed E-state index contributed by atoms with van der Waals surface area (Å²) in [5.41, 5.74) is 1.50. The Hall–Kier alpha value is -1.10. The third-order valence-corrected chi connectivity index (χ3v) is 4.27. The molecule has 20 heavy (non-hydrogen) atoms. The molecular formula is C15H11BrClFO2. The van der Waals surface area contributed by atoms with Crippen LogP contribution in [0.5, 0.6) is 5.75 Å². The van der Waals surface area contributed by atoms with E-state index in [1.165, 1.54) is 12.1 Å². The maximum atomic E-state index is 13.1. The summed E-state index contributed by atoms with van der Waals surface area (Å²) in [6.07, 6.45) is -0.578. The lowest BCUT2D eigenvalue weighted by molar-refractivity contribution is 0.0654. The lowest BCUT2D eigenvalue weighted by Crippen LogP contribution is -2.19. The van der Waals surface area contributed by atoms with Crippen molar-refractivity contribution >= 4 is 27.5 Å². The molecule has 0 saturated heterocycles. The predicted molar refractivity (Wildman–Crippen MR) is 78.5 cm³/mol. The van der Waals surface area contributed by atoms with Crippen molar-refractivity contribution < 1.29 is 14.2 Å². The van der Waals surface area contributed by atoms with E-state index in [-0.39, 0.29) is 11.9 Å². The van der Waals surface area contributed by atoms with Gasteiger partial charge in [0.1, 0.15) is 17.7 Å². The molecule has 2 atom stereocenters. The Bertz CT molecular complexity index is 662. The minimum Gasteiger partial charge on any atom is -0.485 e. The summed E-state index contributed by atoms with van der Waals surface area (Å²) in [4.78, 5) is 0. The van der Waals surface area contributed by atoms with Crippen molar-refractivity contribution in [3.05, 3.63) is 62.8 Å². The molecule has 0 bridgehead atoms. The lowest BCUT2D eigenvalue weighted by Gasteiger charge is -2.30. The number of hydrogen-bond acceptors (Lipinski definition) is 2. The molecule has 2 unspecified atom stereocenters. The van der Waals surface area contributed by atoms with Crippen molar-refractivity contribution in [1.82, 2.24) is 0 Å². The predicted octanol–water partition coefficient (Wildman–Crippen LogP) is 4.80. The van der Waals surface area contributed by atoms with Crippen LogP contribution >= 0.6 is 27.5 Å². The number of fused-ring (bicyclic) bond motifs is 1. The van der Waals surface area contributed by atoms with Crippen LogP contribution in [0.25, 0.3) is 0 Å². The van der Waals surface area contributed by atoms with Crippen molar-refractivity contribution in [1.29, 1.82) is 0 Å². The molecule has 5 heteroatoms. The maximum Gasteiger partial charge on any atom is 0.128 e. The van der Waals surface area contributed by atoms with Crippen LogP contribution in [0.4, 0.5) is 4.39 Å². The van der Waals surface area contributed by atoms with E-state index in [1.807, 2.05) is 0 Å². The number of aliphatic hydroxyl groups excluding tert-OH is 1. The summed E-state index contributed by atoms with van der Waals surface area (Å²) >= 11 is 9.25. The fourth-order valence-corrected chi connectivity index (χ4v) is 3.16. The van der Waals surface area contributed by atoms with Crippen LogP contribution in [0.15, 0.2) is 40.9 Å². The van der Waals surface area contributed by atoms with Crippen LogP contribution in [0.1, 0.15) is 29.8 Å². The first kappa shape index (κ1) is 13.9. The topological polar surface area (TPSA) is 29.5 Å². The molecule has 2 aromatic rings. The summed E-state index contributed by atoms with van der Waals surface area (Å²) in [6.45, 7) is 0. The quantitative estimate of drug-likeness (QED) is 0.794. The van der Waals surface area contributed by atoms with Gasteiger partial charge in [-0.2, -0.15) is 0 Å². The highest BCUT2D eigenvalue weighted by atomic mass is 79.9. The number of hydrogen-bond donors (Lipinski definition) is 1. The largest absolute Gasteiger partial charge is 0.485 e. The van der Waals surface area contributed by atoms with E-state index < -0.39 is 6.10 Å². The van der Waals surface area contributed by atoms with Crippen LogP contribution in [0.2, 0.25) is 5.02 Å². The van der Waals surface area contributed by atoms with Crippen LogP contribution in [-0.2, 0) is 0 Å². The third-order valence-electron chi connectivity index (χ3n) is 3.35. The van der Waals surface area contributed by atoms with E-state index in [1.54, 1.807) is 24.3 Å². The molecule has 0 radical (unpaired) electrons. The minimum absolute atomic E-state index is 0.316. The number of ether oxygens (including phenoxy) is 1. The molecule has 0 aromatic heterocycles. The van der Waals surface area contributed by atoms with E-state index in [0.717, 1.165) is 5.56 Å². The number of benzene rings is 2. The van der Waals surface area contributed by atoms with Gasteiger partial charge in [0.15, 0.2) is 0 Å². The first-order valence-electron chi connectivity index (χ1n) is 6.13. The average Bonchev–Trinajstić information content (AvgIpc) is 2.39. The Morgan fingerprint density at radius 1 is 1.20 bits per heavy atom. The highest BCUT2D eigenvalue weighted by Gasteiger charge is 2.29. The molecule has 104 valence electrons. The standard InChI is InChI=1S/C15H11BrClFO2/c16-12-6-9(18)2-3-10(12)15-7-13(19)11-5-8(17)1-4-14(11)20-15/h1-6,13,15,19H,7H2. The van der Waals surface area contributed by atoms with Gasteiger partial charge in [0.2, 0.25) is 0 Å². The van der Waals surface area contributed by atoms with Crippen molar-refractivity contribution in [2.75, 3.05) is 0 Å². The van der Waals surface area contributed by atoms with Gasteiger partial charge in [-0.15, -0.1) is 0 Å². The fraction of sp³-hybridized carbons (Fsp3) is 0.200. The highest BCUT2D eigenvalue weighted by Crippen LogP contribution is 2.43. The SMILES string of the molecule is OC1CC(c2ccc(F)cc2Br)Oc2ccc(Cl)cc21. The molecule has 0 fully saturated rings. The van der Waals surface area contributed by atoms with Gasteiger partial charge in [0.25, 0.3) is 0 Å². The Morgan fingerprint density at radius 2 is 2.00 bits per heavy atom. The van der Waals surface area contributed by atoms with E-state index in [2.05, 4.69) is 15.9 Å². The minimum atomic E-state index is -0.653. The van der Waals surface area contributed by atoms with Crippen LogP contribution in [0.3, 0.4) is 0 Å². The number of aliphatic hydroxyl groups is 1. The van der Waals surface area contributed by atoms with Crippen molar-refractivity contribution in [2.45, 2.75) is 18.6 Å². The molecule has 1 aliphatic heterocycles. The zero-order valence-corrected chi connectivity index (χ0v) is 12.7. The van der Waals surface area contributed by atoms with Gasteiger partial charge in [-0.05, 0) is 30.3 Å². The van der Waals surface area contributed by atoms with Gasteiger partial charge in [-0.1, -0.05) is 33.6 Å². The maximum absolute atomic E-state index is 13.1. The Labute approximate surface area is 129 Å². The molecule has 0 saturated carbocycles. The molecule has 1 aliphatic rings. The van der Waals surface area contributed by atoms with Gasteiger partial charge in [-0.25, -0.2) is 4.39 Å². The summed E-state index contributed by atoms with van der Waals surface area (Å²) in [7, 11) is 0. The number of halogens is 3. The Kier molecular flexibility index (Phi) is 3.71. The first-order chi connectivity index (χ1) is 9.54. The molecule has 0 spiro atoms. The Morgan fingerprint density at radius 3 is 2.75 bits per heavy atom. The second kappa shape index (κ2) is 5.35. The summed E-state index contributed by atoms with van der Waals surface area (Å²) in [5, 5.41) is 10.8. The molecule has 0 amide bonds. The normalized spacial score (nSPS) is 21.2. The zero-order chi connectivity index (χ0) is 14.3. The average molecular weight is 358 g/mol. The molecule has 2 nitrogen and oxygen atoms in total. The Balaban J connectivity index is 1.97. The summed E-state index contributed by atoms with van der Waals surface area (Å²) < 4.78 is 19.7. The van der Waals surface area contributed by atoms with Gasteiger partial charge in [0.05, 0.1) is 6.10 Å². The van der Waals surface area contributed by atoms with E-state index >= 15 is 0 Å². The molecular weight excluding hydrogens is 347 g/mol. The lowest BCUT2D eigenvalue weighted by atomic mass is 9.95. The van der Waals surface area contributed by atoms with Gasteiger partial charge < -0.3 is 9.84 Å². The second-order valence-electron chi connectivity index (χ2n) is 4.71. The van der Waals surface area contributed by atoms with E-state index in [9.17, 15) is 9.50 Å². The second-order valence-corrected chi connectivity index (χ2v) is 6.00. The summed E-state index contributed by atoms with van der Waals surface area (Å²) in [5.74, 6) is 0.290. The van der Waals surface area contributed by atoms with E-state index in [4.69, 9.17) is 16.3 Å². The molecule has 1 N–H and O–H groups in total. The van der Waals surface area contributed by atoms with E-state index in [0.29, 0.717) is 27.2 Å². The summed E-state index contributed by atoms with van der Waals surface area (Å²) in [6, 6.07) is 9.60. The monoisotopic (exact) mass is 356 g/mol. The van der Waals surface area contributed by atoms with Crippen LogP contribution in [-0.4, -0.2) is 5.11 Å². The third kappa shape index (κ3) is 2.55. The zero-order valence-electron chi connectivity index (χ0n) is 10.3. The van der Waals surface area contributed by atoms with Crippen LogP contribution < -0.4 is 4.74 Å². The first-order valence-corrected chi connectivity index (χ1v) is 7.31. The molecule has 1 heterocycles. The van der Waals surface area contributed by atoms with Crippen molar-refractivity contribution in [2.24, 2.45) is 0 Å². The van der Waals surface area contributed by atoms with Gasteiger partial charge >= 0.3 is 0 Å². The van der Waals surface area contributed by atoms with Gasteiger partial charge in [0, 0.05) is 27.0 Å². The smallest absolute Gasteiger partial charge is 0.128 e. The molecule has 3 rings (SSSR count). The molecule has 2 aromatic carbocycles.